The Bertz CT molecular complexity index is 273. The number of imide groups is 1. The zero-order valence-corrected chi connectivity index (χ0v) is 11.5. The van der Waals surface area contributed by atoms with E-state index < -0.39 is 6.03 Å². The quantitative estimate of drug-likeness (QED) is 0.748. The fourth-order valence-electron chi connectivity index (χ4n) is 2.41. The summed E-state index contributed by atoms with van der Waals surface area (Å²) in [5, 5.41) is 4.66. The molecule has 1 saturated carbocycles. The van der Waals surface area contributed by atoms with Gasteiger partial charge in [-0.2, -0.15) is 0 Å². The van der Waals surface area contributed by atoms with Crippen molar-refractivity contribution in [2.24, 2.45) is 0 Å². The van der Waals surface area contributed by atoms with E-state index in [-0.39, 0.29) is 5.91 Å². The highest BCUT2D eigenvalue weighted by atomic mass is 16.2. The van der Waals surface area contributed by atoms with Gasteiger partial charge in [0.05, 0.1) is 0 Å². The van der Waals surface area contributed by atoms with E-state index in [9.17, 15) is 9.59 Å². The molecule has 0 heterocycles. The van der Waals surface area contributed by atoms with Gasteiger partial charge in [-0.1, -0.05) is 25.7 Å². The third-order valence-corrected chi connectivity index (χ3v) is 3.62. The Kier molecular flexibility index (Phi) is 6.72. The first-order valence-electron chi connectivity index (χ1n) is 6.85. The van der Waals surface area contributed by atoms with Crippen molar-refractivity contribution in [2.45, 2.75) is 51.0 Å². The maximum absolute atomic E-state index is 11.5. The number of nitrogens with zero attached hydrogens (tertiary/aromatic N) is 1. The average Bonchev–Trinajstić information content (AvgIpc) is 2.64. The van der Waals surface area contributed by atoms with Gasteiger partial charge in [0.15, 0.2) is 0 Å². The molecule has 0 unspecified atom stereocenters. The summed E-state index contributed by atoms with van der Waals surface area (Å²) in [6, 6.07) is 0.164. The second-order valence-corrected chi connectivity index (χ2v) is 5.00. The van der Waals surface area contributed by atoms with Gasteiger partial charge in [0.2, 0.25) is 5.91 Å². The minimum Gasteiger partial charge on any atom is -0.341 e. The topological polar surface area (TPSA) is 61.4 Å². The average molecular weight is 255 g/mol. The highest BCUT2D eigenvalue weighted by molar-refractivity contribution is 5.94. The van der Waals surface area contributed by atoms with Crippen LogP contribution in [0.25, 0.3) is 0 Å². The summed E-state index contributed by atoms with van der Waals surface area (Å²) in [6.45, 7) is 0.716. The number of hydrogen-bond acceptors (Lipinski definition) is 3. The lowest BCUT2D eigenvalue weighted by Crippen LogP contribution is -2.40. The van der Waals surface area contributed by atoms with Crippen LogP contribution in [-0.2, 0) is 4.79 Å². The molecule has 5 heteroatoms. The van der Waals surface area contributed by atoms with Gasteiger partial charge in [-0.3, -0.25) is 10.1 Å². The third-order valence-electron chi connectivity index (χ3n) is 3.62. The standard InChI is InChI=1S/C13H25N3O2/c1-14-13(18)15-12(17)9-10-16(2)11-7-5-3-4-6-8-11/h11H,3-10H2,1-2H3,(H2,14,15,17,18). The Balaban J connectivity index is 2.24. The number of nitrogens with one attached hydrogen (secondary N) is 2. The third kappa shape index (κ3) is 5.49. The van der Waals surface area contributed by atoms with Crippen LogP contribution < -0.4 is 10.6 Å². The van der Waals surface area contributed by atoms with Crippen LogP contribution in [0, 0.1) is 0 Å². The van der Waals surface area contributed by atoms with Crippen molar-refractivity contribution in [1.82, 2.24) is 15.5 Å². The van der Waals surface area contributed by atoms with E-state index in [1.165, 1.54) is 45.6 Å². The lowest BCUT2D eigenvalue weighted by Gasteiger charge is -2.26. The Labute approximate surface area is 109 Å². The Hall–Kier alpha value is -1.10. The van der Waals surface area contributed by atoms with Gasteiger partial charge in [-0.05, 0) is 19.9 Å². The van der Waals surface area contributed by atoms with E-state index in [1.807, 2.05) is 0 Å². The molecule has 0 saturated heterocycles. The minimum atomic E-state index is -0.433. The molecule has 0 spiro atoms. The largest absolute Gasteiger partial charge is 0.341 e. The fourth-order valence-corrected chi connectivity index (χ4v) is 2.41. The Morgan fingerprint density at radius 1 is 1.17 bits per heavy atom. The van der Waals surface area contributed by atoms with Crippen LogP contribution in [-0.4, -0.2) is 43.5 Å². The van der Waals surface area contributed by atoms with Crippen molar-refractivity contribution in [2.75, 3.05) is 20.6 Å². The van der Waals surface area contributed by atoms with Crippen molar-refractivity contribution in [1.29, 1.82) is 0 Å². The summed E-state index contributed by atoms with van der Waals surface area (Å²) < 4.78 is 0. The van der Waals surface area contributed by atoms with Gasteiger partial charge >= 0.3 is 6.03 Å². The summed E-state index contributed by atoms with van der Waals surface area (Å²) >= 11 is 0. The lowest BCUT2D eigenvalue weighted by atomic mass is 10.1. The zero-order chi connectivity index (χ0) is 13.4. The lowest BCUT2D eigenvalue weighted by molar-refractivity contribution is -0.120. The molecule has 1 aliphatic carbocycles. The van der Waals surface area contributed by atoms with Crippen molar-refractivity contribution in [3.8, 4) is 0 Å². The van der Waals surface area contributed by atoms with E-state index in [0.29, 0.717) is 19.0 Å². The van der Waals surface area contributed by atoms with E-state index in [1.54, 1.807) is 0 Å². The summed E-state index contributed by atoms with van der Waals surface area (Å²) in [7, 11) is 3.57. The number of carbonyl (C=O) groups excluding carboxylic acids is 2. The molecule has 1 fully saturated rings. The summed E-state index contributed by atoms with van der Waals surface area (Å²) in [4.78, 5) is 24.7. The molecule has 2 N–H and O–H groups in total. The molecule has 0 atom stereocenters. The smallest absolute Gasteiger partial charge is 0.321 e. The number of hydrogen-bond donors (Lipinski definition) is 2. The maximum Gasteiger partial charge on any atom is 0.321 e. The summed E-state index contributed by atoms with van der Waals surface area (Å²) in [6.07, 6.45) is 8.09. The maximum atomic E-state index is 11.5. The van der Waals surface area contributed by atoms with Gasteiger partial charge in [-0.15, -0.1) is 0 Å². The summed E-state index contributed by atoms with van der Waals surface area (Å²) in [5.41, 5.74) is 0. The molecule has 0 aromatic rings. The highest BCUT2D eigenvalue weighted by Gasteiger charge is 2.17. The molecule has 0 bridgehead atoms. The van der Waals surface area contributed by atoms with Crippen molar-refractivity contribution in [3.63, 3.8) is 0 Å². The summed E-state index contributed by atoms with van der Waals surface area (Å²) in [5.74, 6) is -0.213. The number of carbonyl (C=O) groups is 2. The molecular formula is C13H25N3O2. The first kappa shape index (κ1) is 15.0. The van der Waals surface area contributed by atoms with Crippen LogP contribution in [0.5, 0.6) is 0 Å². The molecular weight excluding hydrogens is 230 g/mol. The molecule has 5 nitrogen and oxygen atoms in total. The van der Waals surface area contributed by atoms with Gasteiger partial charge in [-0.25, -0.2) is 4.79 Å². The molecule has 0 radical (unpaired) electrons. The normalized spacial score (nSPS) is 17.3. The first-order chi connectivity index (χ1) is 8.63. The van der Waals surface area contributed by atoms with Crippen molar-refractivity contribution in [3.05, 3.63) is 0 Å². The Morgan fingerprint density at radius 3 is 2.33 bits per heavy atom. The van der Waals surface area contributed by atoms with E-state index in [2.05, 4.69) is 22.6 Å². The number of amides is 3. The fraction of sp³-hybridized carbons (Fsp3) is 0.846. The van der Waals surface area contributed by atoms with Crippen LogP contribution in [0.1, 0.15) is 44.9 Å². The predicted octanol–water partition coefficient (Wildman–Crippen LogP) is 1.49. The molecule has 104 valence electrons. The predicted molar refractivity (Wildman–Crippen MR) is 71.3 cm³/mol. The SMILES string of the molecule is CNC(=O)NC(=O)CCN(C)C1CCCCCC1. The molecule has 3 amide bonds. The van der Waals surface area contributed by atoms with E-state index >= 15 is 0 Å². The first-order valence-corrected chi connectivity index (χ1v) is 6.85. The molecule has 0 aromatic heterocycles. The molecule has 18 heavy (non-hydrogen) atoms. The molecule has 1 rings (SSSR count). The van der Waals surface area contributed by atoms with Crippen LogP contribution in [0.4, 0.5) is 4.79 Å². The van der Waals surface area contributed by atoms with Gasteiger partial charge in [0.1, 0.15) is 0 Å². The van der Waals surface area contributed by atoms with Crippen molar-refractivity contribution < 1.29 is 9.59 Å². The van der Waals surface area contributed by atoms with Crippen LogP contribution >= 0.6 is 0 Å². The van der Waals surface area contributed by atoms with Gasteiger partial charge in [0, 0.05) is 26.1 Å². The highest BCUT2D eigenvalue weighted by Crippen LogP contribution is 2.20. The molecule has 1 aliphatic rings. The zero-order valence-electron chi connectivity index (χ0n) is 11.5. The molecule has 0 aromatic carbocycles. The van der Waals surface area contributed by atoms with Crippen LogP contribution in [0.3, 0.4) is 0 Å². The Morgan fingerprint density at radius 2 is 1.78 bits per heavy atom. The number of urea groups is 1. The minimum absolute atomic E-state index is 0.213. The van der Waals surface area contributed by atoms with E-state index in [0.717, 1.165) is 0 Å². The van der Waals surface area contributed by atoms with Gasteiger partial charge in [0.25, 0.3) is 0 Å². The van der Waals surface area contributed by atoms with Gasteiger partial charge < -0.3 is 10.2 Å². The van der Waals surface area contributed by atoms with Crippen LogP contribution in [0.15, 0.2) is 0 Å². The second kappa shape index (κ2) is 8.08. The second-order valence-electron chi connectivity index (χ2n) is 5.00. The van der Waals surface area contributed by atoms with E-state index in [4.69, 9.17) is 0 Å². The van der Waals surface area contributed by atoms with Crippen molar-refractivity contribution >= 4 is 11.9 Å². The molecule has 0 aliphatic heterocycles. The number of rotatable bonds is 4. The monoisotopic (exact) mass is 255 g/mol. The van der Waals surface area contributed by atoms with Crippen LogP contribution in [0.2, 0.25) is 0 Å².